The van der Waals surface area contributed by atoms with Crippen LogP contribution in [-0.4, -0.2) is 21.1 Å². The Hall–Kier alpha value is -2.37. The molecular weight excluding hydrogens is 270 g/mol. The van der Waals surface area contributed by atoms with Crippen molar-refractivity contribution in [3.05, 3.63) is 45.1 Å². The van der Waals surface area contributed by atoms with Crippen molar-refractivity contribution in [1.82, 2.24) is 14.5 Å². The van der Waals surface area contributed by atoms with Crippen molar-refractivity contribution in [3.8, 4) is 0 Å². The van der Waals surface area contributed by atoms with E-state index in [1.165, 1.54) is 11.6 Å². The molecule has 1 atom stereocenters. The summed E-state index contributed by atoms with van der Waals surface area (Å²) in [6.07, 6.45) is 0.814. The third kappa shape index (κ3) is 2.89. The zero-order valence-electron chi connectivity index (χ0n) is 12.4. The van der Waals surface area contributed by atoms with E-state index in [-0.39, 0.29) is 24.1 Å². The van der Waals surface area contributed by atoms with Gasteiger partial charge in [-0.15, -0.1) is 0 Å². The van der Waals surface area contributed by atoms with Gasteiger partial charge in [0.1, 0.15) is 6.54 Å². The van der Waals surface area contributed by atoms with Crippen LogP contribution in [0.25, 0.3) is 10.9 Å². The first-order chi connectivity index (χ1) is 9.95. The summed E-state index contributed by atoms with van der Waals surface area (Å²) in [5.74, 6) is -0.241. The summed E-state index contributed by atoms with van der Waals surface area (Å²) in [6, 6.07) is 6.85. The lowest BCUT2D eigenvalue weighted by molar-refractivity contribution is -0.122. The number of hydrogen-bond donors (Lipinski definition) is 1. The van der Waals surface area contributed by atoms with Crippen LogP contribution in [-0.2, 0) is 18.4 Å². The second-order valence-electron chi connectivity index (χ2n) is 5.13. The Morgan fingerprint density at radius 1 is 1.29 bits per heavy atom. The number of fused-ring (bicyclic) bond motifs is 1. The van der Waals surface area contributed by atoms with Gasteiger partial charge in [0.25, 0.3) is 5.56 Å². The van der Waals surface area contributed by atoms with E-state index in [0.717, 1.165) is 11.0 Å². The zero-order valence-corrected chi connectivity index (χ0v) is 12.4. The highest BCUT2D eigenvalue weighted by Crippen LogP contribution is 2.07. The quantitative estimate of drug-likeness (QED) is 0.896. The molecule has 0 unspecified atom stereocenters. The second kappa shape index (κ2) is 5.95. The highest BCUT2D eigenvalue weighted by atomic mass is 16.2. The predicted molar refractivity (Wildman–Crippen MR) is 81.3 cm³/mol. The molecule has 0 fully saturated rings. The number of para-hydroxylation sites is 1. The van der Waals surface area contributed by atoms with Crippen LogP contribution >= 0.6 is 0 Å². The molecule has 0 aliphatic rings. The molecule has 0 radical (unpaired) electrons. The fraction of sp³-hybridized carbons (Fsp3) is 0.400. The highest BCUT2D eigenvalue weighted by molar-refractivity contribution is 5.81. The van der Waals surface area contributed by atoms with Crippen LogP contribution < -0.4 is 16.6 Å². The summed E-state index contributed by atoms with van der Waals surface area (Å²) in [5, 5.41) is 3.24. The third-order valence-electron chi connectivity index (χ3n) is 3.57. The maximum Gasteiger partial charge on any atom is 0.331 e. The summed E-state index contributed by atoms with van der Waals surface area (Å²) in [4.78, 5) is 36.3. The molecule has 0 saturated heterocycles. The van der Waals surface area contributed by atoms with E-state index < -0.39 is 5.69 Å². The number of aromatic nitrogens is 2. The van der Waals surface area contributed by atoms with Gasteiger partial charge in [0.2, 0.25) is 5.91 Å². The number of rotatable bonds is 4. The van der Waals surface area contributed by atoms with Gasteiger partial charge in [-0.1, -0.05) is 19.1 Å². The monoisotopic (exact) mass is 289 g/mol. The molecule has 0 saturated carbocycles. The van der Waals surface area contributed by atoms with Crippen molar-refractivity contribution in [3.63, 3.8) is 0 Å². The fourth-order valence-electron chi connectivity index (χ4n) is 2.16. The van der Waals surface area contributed by atoms with Crippen LogP contribution in [0, 0.1) is 0 Å². The van der Waals surface area contributed by atoms with Crippen molar-refractivity contribution in [1.29, 1.82) is 0 Å². The Bertz CT molecular complexity index is 789. The molecule has 1 aromatic carbocycles. The van der Waals surface area contributed by atoms with Crippen molar-refractivity contribution in [2.45, 2.75) is 32.9 Å². The SMILES string of the molecule is CC[C@@H](C)NC(=O)Cn1c(=O)n(C)c(=O)c2ccccc21. The minimum absolute atomic E-state index is 0.0481. The number of hydrogen-bond acceptors (Lipinski definition) is 3. The Labute approximate surface area is 122 Å². The van der Waals surface area contributed by atoms with E-state index in [0.29, 0.717) is 10.9 Å². The molecule has 0 aliphatic heterocycles. The summed E-state index contributed by atoms with van der Waals surface area (Å²) in [7, 11) is 1.42. The molecule has 0 bridgehead atoms. The molecule has 6 nitrogen and oxygen atoms in total. The predicted octanol–water partition coefficient (Wildman–Crippen LogP) is 0.615. The standard InChI is InChI=1S/C15H19N3O3/c1-4-10(2)16-13(19)9-18-12-8-6-5-7-11(12)14(20)17(3)15(18)21/h5-8,10H,4,9H2,1-3H3,(H,16,19)/t10-/m1/s1. The van der Waals surface area contributed by atoms with Gasteiger partial charge in [0.15, 0.2) is 0 Å². The zero-order chi connectivity index (χ0) is 15.6. The van der Waals surface area contributed by atoms with Crippen LogP contribution in [0.15, 0.2) is 33.9 Å². The van der Waals surface area contributed by atoms with Gasteiger partial charge >= 0.3 is 5.69 Å². The molecule has 1 heterocycles. The molecule has 0 spiro atoms. The Balaban J connectivity index is 2.52. The molecule has 2 rings (SSSR count). The smallest absolute Gasteiger partial charge is 0.331 e. The second-order valence-corrected chi connectivity index (χ2v) is 5.13. The van der Waals surface area contributed by atoms with Crippen LogP contribution in [0.1, 0.15) is 20.3 Å². The van der Waals surface area contributed by atoms with Crippen molar-refractivity contribution in [2.75, 3.05) is 0 Å². The van der Waals surface area contributed by atoms with Crippen LogP contribution in [0.4, 0.5) is 0 Å². The highest BCUT2D eigenvalue weighted by Gasteiger charge is 2.13. The largest absolute Gasteiger partial charge is 0.352 e. The Morgan fingerprint density at radius 2 is 1.95 bits per heavy atom. The average molecular weight is 289 g/mol. The van der Waals surface area contributed by atoms with Crippen molar-refractivity contribution in [2.24, 2.45) is 7.05 Å². The average Bonchev–Trinajstić information content (AvgIpc) is 2.49. The minimum atomic E-state index is -0.488. The first-order valence-electron chi connectivity index (χ1n) is 6.93. The molecular formula is C15H19N3O3. The molecule has 2 aromatic rings. The van der Waals surface area contributed by atoms with E-state index in [2.05, 4.69) is 5.32 Å². The van der Waals surface area contributed by atoms with E-state index in [9.17, 15) is 14.4 Å². The number of nitrogens with zero attached hydrogens (tertiary/aromatic N) is 2. The number of carbonyl (C=O) groups is 1. The van der Waals surface area contributed by atoms with Crippen molar-refractivity contribution < 1.29 is 4.79 Å². The molecule has 21 heavy (non-hydrogen) atoms. The number of amides is 1. The summed E-state index contributed by atoms with van der Waals surface area (Å²) in [5.41, 5.74) is -0.364. The van der Waals surface area contributed by atoms with E-state index in [1.54, 1.807) is 24.3 Å². The topological polar surface area (TPSA) is 73.1 Å². The van der Waals surface area contributed by atoms with Crippen LogP contribution in [0.5, 0.6) is 0 Å². The lowest BCUT2D eigenvalue weighted by Crippen LogP contribution is -2.42. The van der Waals surface area contributed by atoms with Gasteiger partial charge in [-0.2, -0.15) is 0 Å². The van der Waals surface area contributed by atoms with E-state index in [4.69, 9.17) is 0 Å². The minimum Gasteiger partial charge on any atom is -0.352 e. The first kappa shape index (κ1) is 15.0. The van der Waals surface area contributed by atoms with Gasteiger partial charge in [0, 0.05) is 13.1 Å². The normalized spacial score (nSPS) is 12.3. The molecule has 1 aromatic heterocycles. The molecule has 6 heteroatoms. The first-order valence-corrected chi connectivity index (χ1v) is 6.93. The van der Waals surface area contributed by atoms with Crippen molar-refractivity contribution >= 4 is 16.8 Å². The lowest BCUT2D eigenvalue weighted by Gasteiger charge is -2.14. The summed E-state index contributed by atoms with van der Waals surface area (Å²) in [6.45, 7) is 3.77. The molecule has 1 N–H and O–H groups in total. The Kier molecular flexibility index (Phi) is 4.26. The summed E-state index contributed by atoms with van der Waals surface area (Å²) >= 11 is 0. The van der Waals surface area contributed by atoms with Gasteiger partial charge < -0.3 is 5.32 Å². The van der Waals surface area contributed by atoms with Gasteiger partial charge in [-0.05, 0) is 25.5 Å². The van der Waals surface area contributed by atoms with Gasteiger partial charge in [-0.3, -0.25) is 18.7 Å². The maximum atomic E-state index is 12.2. The van der Waals surface area contributed by atoms with Crippen LogP contribution in [0.2, 0.25) is 0 Å². The number of carbonyl (C=O) groups excluding carboxylic acids is 1. The lowest BCUT2D eigenvalue weighted by atomic mass is 10.2. The third-order valence-corrected chi connectivity index (χ3v) is 3.57. The van der Waals surface area contributed by atoms with Crippen LogP contribution in [0.3, 0.4) is 0 Å². The molecule has 1 amide bonds. The van der Waals surface area contributed by atoms with E-state index >= 15 is 0 Å². The fourth-order valence-corrected chi connectivity index (χ4v) is 2.16. The number of benzene rings is 1. The maximum absolute atomic E-state index is 12.2. The van der Waals surface area contributed by atoms with Gasteiger partial charge in [-0.25, -0.2) is 4.79 Å². The molecule has 112 valence electrons. The number of nitrogens with one attached hydrogen (secondary N) is 1. The van der Waals surface area contributed by atoms with Gasteiger partial charge in [0.05, 0.1) is 10.9 Å². The van der Waals surface area contributed by atoms with E-state index in [1.807, 2.05) is 13.8 Å². The Morgan fingerprint density at radius 3 is 2.62 bits per heavy atom. The summed E-state index contributed by atoms with van der Waals surface area (Å²) < 4.78 is 2.35. The molecule has 0 aliphatic carbocycles.